The zero-order chi connectivity index (χ0) is 11.7. The van der Waals surface area contributed by atoms with Crippen LogP contribution >= 0.6 is 0 Å². The number of rotatable bonds is 3. The Morgan fingerprint density at radius 1 is 1.47 bits per heavy atom. The Labute approximate surface area is 97.2 Å². The Balaban J connectivity index is 1.71. The number of ether oxygens (including phenoxy) is 1. The Morgan fingerprint density at radius 2 is 2.41 bits per heavy atom. The van der Waals surface area contributed by atoms with Gasteiger partial charge in [0.2, 0.25) is 6.39 Å². The maximum atomic E-state index is 9.33. The Bertz CT molecular complexity index is 513. The maximum Gasteiger partial charge on any atom is 0.213 e. The van der Waals surface area contributed by atoms with E-state index in [9.17, 15) is 5.11 Å². The smallest absolute Gasteiger partial charge is 0.213 e. The van der Waals surface area contributed by atoms with Gasteiger partial charge in [-0.05, 0) is 12.1 Å². The van der Waals surface area contributed by atoms with E-state index in [0.717, 1.165) is 11.3 Å². The lowest BCUT2D eigenvalue weighted by Gasteiger charge is -2.09. The minimum absolute atomic E-state index is 0.0871. The van der Waals surface area contributed by atoms with E-state index >= 15 is 0 Å². The Morgan fingerprint density at radius 3 is 3.24 bits per heavy atom. The standard InChI is InChI=1S/C11H11N3O3/c15-7-1-2-8-9(5-16-10(8)3-7)12-4-11-13-6-17-14-11/h1-3,6,9,12,15H,4-5H2. The van der Waals surface area contributed by atoms with Gasteiger partial charge in [-0.3, -0.25) is 5.32 Å². The van der Waals surface area contributed by atoms with Gasteiger partial charge in [-0.15, -0.1) is 0 Å². The zero-order valence-corrected chi connectivity index (χ0v) is 8.96. The van der Waals surface area contributed by atoms with Crippen LogP contribution in [0.4, 0.5) is 0 Å². The van der Waals surface area contributed by atoms with E-state index in [2.05, 4.69) is 20.0 Å². The Hall–Kier alpha value is -2.08. The summed E-state index contributed by atoms with van der Waals surface area (Å²) in [7, 11) is 0. The first-order valence-corrected chi connectivity index (χ1v) is 5.27. The molecule has 0 saturated heterocycles. The molecule has 1 atom stereocenters. The average molecular weight is 233 g/mol. The van der Waals surface area contributed by atoms with Crippen molar-refractivity contribution in [3.63, 3.8) is 0 Å². The zero-order valence-electron chi connectivity index (χ0n) is 8.96. The van der Waals surface area contributed by atoms with Crippen LogP contribution in [0.15, 0.2) is 29.1 Å². The van der Waals surface area contributed by atoms with Crippen LogP contribution in [-0.2, 0) is 6.54 Å². The molecule has 1 unspecified atom stereocenters. The fourth-order valence-corrected chi connectivity index (χ4v) is 1.85. The van der Waals surface area contributed by atoms with E-state index in [0.29, 0.717) is 19.0 Å². The van der Waals surface area contributed by atoms with Crippen molar-refractivity contribution >= 4 is 0 Å². The van der Waals surface area contributed by atoms with Crippen LogP contribution in [0.25, 0.3) is 0 Å². The number of benzene rings is 1. The van der Waals surface area contributed by atoms with Crippen LogP contribution in [0.1, 0.15) is 17.4 Å². The van der Waals surface area contributed by atoms with E-state index in [-0.39, 0.29) is 11.8 Å². The summed E-state index contributed by atoms with van der Waals surface area (Å²) in [6.07, 6.45) is 1.30. The number of phenols is 1. The number of fused-ring (bicyclic) bond motifs is 1. The third-order valence-electron chi connectivity index (χ3n) is 2.69. The summed E-state index contributed by atoms with van der Waals surface area (Å²) in [5.74, 6) is 1.54. The number of aromatic hydroxyl groups is 1. The monoisotopic (exact) mass is 233 g/mol. The number of hydrogen-bond acceptors (Lipinski definition) is 6. The van der Waals surface area contributed by atoms with Gasteiger partial charge >= 0.3 is 0 Å². The number of nitrogens with one attached hydrogen (secondary N) is 1. The highest BCUT2D eigenvalue weighted by Gasteiger charge is 2.24. The van der Waals surface area contributed by atoms with Crippen molar-refractivity contribution in [1.29, 1.82) is 0 Å². The lowest BCUT2D eigenvalue weighted by atomic mass is 10.1. The molecule has 0 aliphatic carbocycles. The van der Waals surface area contributed by atoms with E-state index in [4.69, 9.17) is 4.74 Å². The molecule has 1 aromatic carbocycles. The summed E-state index contributed by atoms with van der Waals surface area (Å²) in [5, 5.41) is 16.3. The van der Waals surface area contributed by atoms with Crippen LogP contribution in [0.3, 0.4) is 0 Å². The first-order valence-electron chi connectivity index (χ1n) is 5.27. The van der Waals surface area contributed by atoms with Gasteiger partial charge in [-0.2, -0.15) is 4.98 Å². The molecule has 2 N–H and O–H groups in total. The summed E-state index contributed by atoms with van der Waals surface area (Å²) in [6, 6.07) is 5.21. The maximum absolute atomic E-state index is 9.33. The fourth-order valence-electron chi connectivity index (χ4n) is 1.85. The van der Waals surface area contributed by atoms with E-state index < -0.39 is 0 Å². The quantitative estimate of drug-likeness (QED) is 0.823. The largest absolute Gasteiger partial charge is 0.508 e. The number of nitrogens with zero attached hydrogens (tertiary/aromatic N) is 2. The molecule has 1 aliphatic heterocycles. The second-order valence-electron chi connectivity index (χ2n) is 3.81. The molecular formula is C11H11N3O3. The highest BCUT2D eigenvalue weighted by atomic mass is 16.5. The van der Waals surface area contributed by atoms with Crippen molar-refractivity contribution in [3.05, 3.63) is 36.0 Å². The van der Waals surface area contributed by atoms with Gasteiger partial charge in [0.05, 0.1) is 12.6 Å². The van der Waals surface area contributed by atoms with Crippen LogP contribution in [0, 0.1) is 0 Å². The molecule has 3 rings (SSSR count). The molecule has 6 heteroatoms. The minimum Gasteiger partial charge on any atom is -0.508 e. The van der Waals surface area contributed by atoms with Crippen molar-refractivity contribution in [3.8, 4) is 11.5 Å². The predicted octanol–water partition coefficient (Wildman–Crippen LogP) is 0.998. The third-order valence-corrected chi connectivity index (χ3v) is 2.69. The van der Waals surface area contributed by atoms with Crippen LogP contribution in [-0.4, -0.2) is 21.9 Å². The summed E-state index contributed by atoms with van der Waals surface area (Å²) in [5.41, 5.74) is 1.03. The van der Waals surface area contributed by atoms with Gasteiger partial charge in [-0.25, -0.2) is 0 Å². The summed E-state index contributed by atoms with van der Waals surface area (Å²) < 4.78 is 10.1. The third kappa shape index (κ3) is 1.94. The molecule has 1 aliphatic rings. The number of aromatic nitrogens is 2. The van der Waals surface area contributed by atoms with Gasteiger partial charge in [0, 0.05) is 11.6 Å². The van der Waals surface area contributed by atoms with Crippen LogP contribution in [0.2, 0.25) is 0 Å². The van der Waals surface area contributed by atoms with Crippen LogP contribution in [0.5, 0.6) is 11.5 Å². The molecule has 0 fully saturated rings. The topological polar surface area (TPSA) is 80.4 Å². The summed E-state index contributed by atoms with van der Waals surface area (Å²) >= 11 is 0. The van der Waals surface area contributed by atoms with Crippen molar-refractivity contribution < 1.29 is 14.4 Å². The van der Waals surface area contributed by atoms with Gasteiger partial charge in [-0.1, -0.05) is 5.16 Å². The molecule has 0 amide bonds. The molecule has 6 nitrogen and oxygen atoms in total. The summed E-state index contributed by atoms with van der Waals surface area (Å²) in [6.45, 7) is 1.06. The Kier molecular flexibility index (Phi) is 2.41. The highest BCUT2D eigenvalue weighted by Crippen LogP contribution is 2.34. The second kappa shape index (κ2) is 4.06. The molecule has 17 heavy (non-hydrogen) atoms. The summed E-state index contributed by atoms with van der Waals surface area (Å²) in [4.78, 5) is 3.93. The molecule has 0 bridgehead atoms. The molecule has 2 aromatic rings. The minimum atomic E-state index is 0.0871. The predicted molar refractivity (Wildman–Crippen MR) is 57.5 cm³/mol. The molecule has 0 radical (unpaired) electrons. The van der Waals surface area contributed by atoms with Gasteiger partial charge < -0.3 is 14.4 Å². The van der Waals surface area contributed by atoms with Crippen molar-refractivity contribution in [2.24, 2.45) is 0 Å². The van der Waals surface area contributed by atoms with E-state index in [1.54, 1.807) is 12.1 Å². The van der Waals surface area contributed by atoms with Crippen molar-refractivity contribution in [2.45, 2.75) is 12.6 Å². The first-order chi connectivity index (χ1) is 8.33. The SMILES string of the molecule is Oc1ccc2c(c1)OCC2NCc1ncon1. The number of hydrogen-bond donors (Lipinski definition) is 2. The molecule has 2 heterocycles. The van der Waals surface area contributed by atoms with Gasteiger partial charge in [0.1, 0.15) is 18.1 Å². The lowest BCUT2D eigenvalue weighted by Crippen LogP contribution is -2.22. The number of phenolic OH excluding ortho intramolecular Hbond substituents is 1. The van der Waals surface area contributed by atoms with Gasteiger partial charge in [0.15, 0.2) is 5.82 Å². The van der Waals surface area contributed by atoms with E-state index in [1.807, 2.05) is 6.07 Å². The van der Waals surface area contributed by atoms with E-state index in [1.165, 1.54) is 6.39 Å². The molecular weight excluding hydrogens is 222 g/mol. The lowest BCUT2D eigenvalue weighted by molar-refractivity contribution is 0.307. The second-order valence-corrected chi connectivity index (χ2v) is 3.81. The normalized spacial score (nSPS) is 17.8. The molecule has 0 saturated carbocycles. The molecule has 0 spiro atoms. The average Bonchev–Trinajstić information content (AvgIpc) is 2.94. The first kappa shape index (κ1) is 10.1. The van der Waals surface area contributed by atoms with Crippen molar-refractivity contribution in [1.82, 2.24) is 15.5 Å². The molecule has 88 valence electrons. The van der Waals surface area contributed by atoms with Crippen molar-refractivity contribution in [2.75, 3.05) is 6.61 Å². The molecule has 1 aromatic heterocycles. The fraction of sp³-hybridized carbons (Fsp3) is 0.273. The van der Waals surface area contributed by atoms with Gasteiger partial charge in [0.25, 0.3) is 0 Å². The highest BCUT2D eigenvalue weighted by molar-refractivity contribution is 5.44. The van der Waals surface area contributed by atoms with Crippen LogP contribution < -0.4 is 10.1 Å².